The van der Waals surface area contributed by atoms with Crippen molar-refractivity contribution in [2.75, 3.05) is 0 Å². The minimum absolute atomic E-state index is 0. The molecule has 0 fully saturated rings. The van der Waals surface area contributed by atoms with Gasteiger partial charge >= 0.3 is 18.9 Å². The van der Waals surface area contributed by atoms with E-state index in [9.17, 15) is 9.90 Å². The van der Waals surface area contributed by atoms with E-state index in [1.807, 2.05) is 0 Å². The number of rotatable bonds is 1. The maximum atomic E-state index is 9.89. The average molecular weight is 444 g/mol. The van der Waals surface area contributed by atoms with Crippen LogP contribution in [0.5, 0.6) is 0 Å². The first-order valence-corrected chi connectivity index (χ1v) is 4.46. The van der Waals surface area contributed by atoms with Crippen LogP contribution in [-0.4, -0.2) is 5.40 Å². The first kappa shape index (κ1) is 12.9. The van der Waals surface area contributed by atoms with E-state index in [0.717, 1.165) is 0 Å². The fourth-order valence-corrected chi connectivity index (χ4v) is 0. The molecular formula is C2I3LiO2. The largest absolute Gasteiger partial charge is 1.00 e. The van der Waals surface area contributed by atoms with Crippen LogP contribution >= 0.6 is 67.8 Å². The first-order valence-electron chi connectivity index (χ1n) is 1.23. The van der Waals surface area contributed by atoms with Gasteiger partial charge in [-0.25, -0.2) is 0 Å². The zero-order chi connectivity index (χ0) is 6.08. The topological polar surface area (TPSA) is 40.1 Å². The minimum Gasteiger partial charge on any atom is -0.547 e. The summed E-state index contributed by atoms with van der Waals surface area (Å²) in [5.41, 5.74) is 0. The van der Waals surface area contributed by atoms with Gasteiger partial charge in [-0.2, -0.15) is 0 Å². The summed E-state index contributed by atoms with van der Waals surface area (Å²) in [6, 6.07) is 0. The van der Waals surface area contributed by atoms with Crippen molar-refractivity contribution in [2.45, 2.75) is -0.565 Å². The summed E-state index contributed by atoms with van der Waals surface area (Å²) in [4.78, 5) is 9.89. The molecule has 0 amide bonds. The summed E-state index contributed by atoms with van der Waals surface area (Å²) >= 11 is 5.33. The van der Waals surface area contributed by atoms with Crippen LogP contribution in [-0.2, 0) is 4.79 Å². The second-order valence-electron chi connectivity index (χ2n) is 0.785. The summed E-state index contributed by atoms with van der Waals surface area (Å²) in [7, 11) is 0. The van der Waals surface area contributed by atoms with Gasteiger partial charge < -0.3 is 9.90 Å². The number of carboxylic acid groups (broad SMARTS) is 1. The Morgan fingerprint density at radius 3 is 1.50 bits per heavy atom. The molecule has 0 aromatic heterocycles. The van der Waals surface area contributed by atoms with Gasteiger partial charge in [0.25, 0.3) is 0 Å². The van der Waals surface area contributed by atoms with Crippen molar-refractivity contribution in [3.8, 4) is 0 Å². The monoisotopic (exact) mass is 444 g/mol. The fraction of sp³-hybridized carbons (Fsp3) is 0.500. The third-order valence-electron chi connectivity index (χ3n) is 0.231. The van der Waals surface area contributed by atoms with E-state index in [0.29, 0.717) is 0 Å². The molecule has 0 bridgehead atoms. The van der Waals surface area contributed by atoms with Crippen LogP contribution in [0.4, 0.5) is 0 Å². The molecule has 0 unspecified atom stereocenters. The minimum atomic E-state index is -1.05. The van der Waals surface area contributed by atoms with Crippen molar-refractivity contribution in [3.05, 3.63) is 0 Å². The molecule has 0 aromatic rings. The smallest absolute Gasteiger partial charge is 0.547 e. The standard InChI is InChI=1S/C2HI3O2.Li/c3-2(4,5)1(6)7;/h(H,6,7);/q;+1/p-1. The van der Waals surface area contributed by atoms with Crippen LogP contribution in [0.2, 0.25) is 0 Å². The maximum absolute atomic E-state index is 9.89. The third-order valence-corrected chi connectivity index (χ3v) is 1.55. The Morgan fingerprint density at radius 2 is 1.50 bits per heavy atom. The van der Waals surface area contributed by atoms with Crippen molar-refractivity contribution >= 4 is 73.7 Å². The second-order valence-corrected chi connectivity index (χ2v) is 11.8. The first-order chi connectivity index (χ1) is 2.94. The van der Waals surface area contributed by atoms with Crippen LogP contribution < -0.4 is 24.0 Å². The Morgan fingerprint density at radius 1 is 1.38 bits per heavy atom. The van der Waals surface area contributed by atoms with Crippen LogP contribution in [0.15, 0.2) is 0 Å². The molecule has 0 rings (SSSR count). The maximum Gasteiger partial charge on any atom is 1.00 e. The SMILES string of the molecule is O=C([O-])C(I)(I)I.[Li+]. The molecular weight excluding hydrogens is 444 g/mol. The molecule has 8 heavy (non-hydrogen) atoms. The van der Waals surface area contributed by atoms with Gasteiger partial charge in [0.2, 0.25) is 0 Å². The fourth-order valence-electron chi connectivity index (χ4n) is 0. The van der Waals surface area contributed by atoms with E-state index in [2.05, 4.69) is 0 Å². The van der Waals surface area contributed by atoms with E-state index in [1.165, 1.54) is 0 Å². The number of aliphatic carboxylic acids is 1. The van der Waals surface area contributed by atoms with Crippen LogP contribution in [0, 0.1) is 0 Å². The third kappa shape index (κ3) is 6.38. The molecule has 0 atom stereocenters. The van der Waals surface area contributed by atoms with Gasteiger partial charge in [-0.05, 0) is 67.8 Å². The van der Waals surface area contributed by atoms with Crippen molar-refractivity contribution in [3.63, 3.8) is 0 Å². The number of alkyl halides is 3. The van der Waals surface area contributed by atoms with E-state index < -0.39 is 5.40 Å². The molecule has 2 nitrogen and oxygen atoms in total. The number of hydrogen-bond acceptors (Lipinski definition) is 2. The number of halogens is 3. The molecule has 42 valence electrons. The Labute approximate surface area is 100 Å². The molecule has 0 aromatic carbocycles. The molecule has 0 aliphatic heterocycles. The van der Waals surface area contributed by atoms with Gasteiger partial charge in [-0.3, -0.25) is 0 Å². The molecule has 0 N–H and O–H groups in total. The summed E-state index contributed by atoms with van der Waals surface area (Å²) in [5, 5.41) is 9.89. The normalized spacial score (nSPS) is 9.88. The zero-order valence-corrected chi connectivity index (χ0v) is 10.4. The van der Waals surface area contributed by atoms with Crippen molar-refractivity contribution < 1.29 is 28.8 Å². The number of carbonyl (C=O) groups excluding carboxylic acids is 1. The Hall–Kier alpha value is 2.26. The van der Waals surface area contributed by atoms with Gasteiger partial charge in [-0.15, -0.1) is 0 Å². The molecule has 0 radical (unpaired) electrons. The molecule has 0 aliphatic rings. The van der Waals surface area contributed by atoms with E-state index in [1.54, 1.807) is 67.8 Å². The van der Waals surface area contributed by atoms with Crippen molar-refractivity contribution in [1.82, 2.24) is 0 Å². The molecule has 0 spiro atoms. The summed E-state index contributed by atoms with van der Waals surface area (Å²) < 4.78 is -0.784. The summed E-state index contributed by atoms with van der Waals surface area (Å²) in [6.07, 6.45) is 0. The molecule has 0 saturated heterocycles. The van der Waals surface area contributed by atoms with Gasteiger partial charge in [0, 0.05) is 0 Å². The number of carboxylic acids is 1. The summed E-state index contributed by atoms with van der Waals surface area (Å²) in [5.74, 6) is -1.05. The predicted octanol–water partition coefficient (Wildman–Crippen LogP) is -2.30. The van der Waals surface area contributed by atoms with Gasteiger partial charge in [0.05, 0.1) is 5.97 Å². The Bertz CT molecular complexity index is 87.8. The van der Waals surface area contributed by atoms with Crippen molar-refractivity contribution in [2.24, 2.45) is 0 Å². The van der Waals surface area contributed by atoms with E-state index in [4.69, 9.17) is 0 Å². The Kier molecular flexibility index (Phi) is 8.03. The van der Waals surface area contributed by atoms with Crippen LogP contribution in [0.3, 0.4) is 0 Å². The quantitative estimate of drug-likeness (QED) is 0.260. The Balaban J connectivity index is 0. The van der Waals surface area contributed by atoms with Crippen LogP contribution in [0.1, 0.15) is 0 Å². The number of carbonyl (C=O) groups is 1. The van der Waals surface area contributed by atoms with Gasteiger partial charge in [-0.1, -0.05) is 0 Å². The van der Waals surface area contributed by atoms with E-state index >= 15 is 0 Å². The number of hydrogen-bond donors (Lipinski definition) is 0. The van der Waals surface area contributed by atoms with E-state index in [-0.39, 0.29) is 18.9 Å². The molecule has 6 heteroatoms. The van der Waals surface area contributed by atoms with Gasteiger partial charge in [0.1, 0.15) is 0 Å². The van der Waals surface area contributed by atoms with Crippen molar-refractivity contribution in [1.29, 1.82) is 0 Å². The van der Waals surface area contributed by atoms with Crippen LogP contribution in [0.25, 0.3) is 0 Å². The average Bonchev–Trinajstić information content (AvgIpc) is 1.31. The van der Waals surface area contributed by atoms with Gasteiger partial charge in [0.15, 0.2) is -0.565 Å². The zero-order valence-electron chi connectivity index (χ0n) is 3.95. The predicted molar refractivity (Wildman–Crippen MR) is 49.8 cm³/mol. The second kappa shape index (κ2) is 4.98. The molecule has 0 heterocycles. The molecule has 0 saturated carbocycles. The molecule has 0 aliphatic carbocycles. The summed E-state index contributed by atoms with van der Waals surface area (Å²) in [6.45, 7) is 0.